The SMILES string of the molecule is CCN(C)C(=O)NCC=C(C)C. The van der Waals surface area contributed by atoms with Crippen LogP contribution in [-0.4, -0.2) is 31.1 Å². The molecule has 0 rings (SSSR count). The molecule has 0 aliphatic carbocycles. The highest BCUT2D eigenvalue weighted by atomic mass is 16.2. The van der Waals surface area contributed by atoms with Crippen molar-refractivity contribution in [2.75, 3.05) is 20.1 Å². The van der Waals surface area contributed by atoms with Gasteiger partial charge in [-0.15, -0.1) is 0 Å². The number of carbonyl (C=O) groups excluding carboxylic acids is 1. The summed E-state index contributed by atoms with van der Waals surface area (Å²) in [6, 6.07) is -0.0185. The fourth-order valence-electron chi connectivity index (χ4n) is 0.621. The lowest BCUT2D eigenvalue weighted by Crippen LogP contribution is -2.37. The van der Waals surface area contributed by atoms with Gasteiger partial charge < -0.3 is 10.2 Å². The smallest absolute Gasteiger partial charge is 0.317 e. The van der Waals surface area contributed by atoms with Crippen LogP contribution in [0, 0.1) is 0 Å². The predicted molar refractivity (Wildman–Crippen MR) is 51.1 cm³/mol. The predicted octanol–water partition coefficient (Wildman–Crippen LogP) is 1.61. The van der Waals surface area contributed by atoms with E-state index >= 15 is 0 Å². The zero-order valence-corrected chi connectivity index (χ0v) is 8.35. The third-order valence-corrected chi connectivity index (χ3v) is 1.58. The van der Waals surface area contributed by atoms with Crippen LogP contribution in [0.5, 0.6) is 0 Å². The standard InChI is InChI=1S/C9H18N2O/c1-5-11(4)9(12)10-7-6-8(2)3/h6H,5,7H2,1-4H3,(H,10,12). The summed E-state index contributed by atoms with van der Waals surface area (Å²) in [5.74, 6) is 0. The van der Waals surface area contributed by atoms with Crippen molar-refractivity contribution >= 4 is 6.03 Å². The number of allylic oxidation sites excluding steroid dienone is 1. The van der Waals surface area contributed by atoms with Gasteiger partial charge in [-0.3, -0.25) is 0 Å². The molecular weight excluding hydrogens is 152 g/mol. The van der Waals surface area contributed by atoms with E-state index in [4.69, 9.17) is 0 Å². The van der Waals surface area contributed by atoms with E-state index in [2.05, 4.69) is 5.32 Å². The van der Waals surface area contributed by atoms with Crippen LogP contribution in [0.25, 0.3) is 0 Å². The minimum atomic E-state index is -0.0185. The number of urea groups is 1. The average Bonchev–Trinajstić information content (AvgIpc) is 2.02. The Morgan fingerprint density at radius 1 is 1.50 bits per heavy atom. The van der Waals surface area contributed by atoms with Crippen molar-refractivity contribution in [2.45, 2.75) is 20.8 Å². The second-order valence-corrected chi connectivity index (χ2v) is 2.98. The number of hydrogen-bond acceptors (Lipinski definition) is 1. The van der Waals surface area contributed by atoms with Crippen LogP contribution in [-0.2, 0) is 0 Å². The molecule has 0 saturated carbocycles. The van der Waals surface area contributed by atoms with E-state index in [1.165, 1.54) is 5.57 Å². The number of nitrogens with zero attached hydrogens (tertiary/aromatic N) is 1. The van der Waals surface area contributed by atoms with E-state index in [9.17, 15) is 4.79 Å². The van der Waals surface area contributed by atoms with Crippen LogP contribution in [0.2, 0.25) is 0 Å². The largest absolute Gasteiger partial charge is 0.335 e. The molecule has 0 fully saturated rings. The molecule has 0 heterocycles. The lowest BCUT2D eigenvalue weighted by Gasteiger charge is -2.14. The van der Waals surface area contributed by atoms with Gasteiger partial charge in [0.15, 0.2) is 0 Å². The minimum absolute atomic E-state index is 0.0185. The number of rotatable bonds is 3. The molecule has 0 saturated heterocycles. The van der Waals surface area contributed by atoms with Gasteiger partial charge in [0.2, 0.25) is 0 Å². The Balaban J connectivity index is 3.65. The molecule has 12 heavy (non-hydrogen) atoms. The van der Waals surface area contributed by atoms with Crippen molar-refractivity contribution in [1.82, 2.24) is 10.2 Å². The normalized spacial score (nSPS) is 9.00. The molecular formula is C9H18N2O. The minimum Gasteiger partial charge on any atom is -0.335 e. The molecule has 0 aromatic rings. The second-order valence-electron chi connectivity index (χ2n) is 2.98. The first kappa shape index (κ1) is 11.0. The third-order valence-electron chi connectivity index (χ3n) is 1.58. The van der Waals surface area contributed by atoms with Crippen LogP contribution < -0.4 is 5.32 Å². The number of carbonyl (C=O) groups is 1. The van der Waals surface area contributed by atoms with E-state index in [0.29, 0.717) is 6.54 Å². The summed E-state index contributed by atoms with van der Waals surface area (Å²) >= 11 is 0. The van der Waals surface area contributed by atoms with Gasteiger partial charge in [0.25, 0.3) is 0 Å². The van der Waals surface area contributed by atoms with Gasteiger partial charge in [-0.1, -0.05) is 11.6 Å². The Labute approximate surface area is 74.4 Å². The van der Waals surface area contributed by atoms with Crippen LogP contribution in [0.3, 0.4) is 0 Å². The second kappa shape index (κ2) is 5.63. The molecule has 0 aromatic heterocycles. The number of hydrogen-bond donors (Lipinski definition) is 1. The fourth-order valence-corrected chi connectivity index (χ4v) is 0.621. The molecule has 70 valence electrons. The molecule has 2 amide bonds. The summed E-state index contributed by atoms with van der Waals surface area (Å²) < 4.78 is 0. The number of amides is 2. The van der Waals surface area contributed by atoms with Crippen molar-refractivity contribution in [3.05, 3.63) is 11.6 Å². The highest BCUT2D eigenvalue weighted by Gasteiger charge is 2.02. The van der Waals surface area contributed by atoms with E-state index in [1.54, 1.807) is 11.9 Å². The summed E-state index contributed by atoms with van der Waals surface area (Å²) in [6.45, 7) is 7.32. The maximum atomic E-state index is 11.1. The molecule has 0 aliphatic rings. The van der Waals surface area contributed by atoms with Crippen LogP contribution in [0.1, 0.15) is 20.8 Å². The summed E-state index contributed by atoms with van der Waals surface area (Å²) in [4.78, 5) is 12.8. The highest BCUT2D eigenvalue weighted by Crippen LogP contribution is 1.87. The van der Waals surface area contributed by atoms with Crippen molar-refractivity contribution < 1.29 is 4.79 Å². The summed E-state index contributed by atoms with van der Waals surface area (Å²) in [5.41, 5.74) is 1.22. The van der Waals surface area contributed by atoms with Gasteiger partial charge in [-0.2, -0.15) is 0 Å². The third kappa shape index (κ3) is 4.77. The Bertz CT molecular complexity index is 171. The highest BCUT2D eigenvalue weighted by molar-refractivity contribution is 5.73. The van der Waals surface area contributed by atoms with Gasteiger partial charge in [-0.25, -0.2) is 4.79 Å². The van der Waals surface area contributed by atoms with Crippen molar-refractivity contribution in [3.8, 4) is 0 Å². The van der Waals surface area contributed by atoms with E-state index in [0.717, 1.165) is 6.54 Å². The Morgan fingerprint density at radius 2 is 2.08 bits per heavy atom. The van der Waals surface area contributed by atoms with Crippen molar-refractivity contribution in [3.63, 3.8) is 0 Å². The molecule has 0 radical (unpaired) electrons. The van der Waals surface area contributed by atoms with Crippen molar-refractivity contribution in [2.24, 2.45) is 0 Å². The van der Waals surface area contributed by atoms with E-state index < -0.39 is 0 Å². The molecule has 0 aliphatic heterocycles. The zero-order chi connectivity index (χ0) is 9.56. The molecule has 0 bridgehead atoms. The van der Waals surface area contributed by atoms with Crippen LogP contribution in [0.4, 0.5) is 4.79 Å². The van der Waals surface area contributed by atoms with Gasteiger partial charge in [0.05, 0.1) is 0 Å². The quantitative estimate of drug-likeness (QED) is 0.641. The van der Waals surface area contributed by atoms with Gasteiger partial charge in [0.1, 0.15) is 0 Å². The molecule has 0 aromatic carbocycles. The Hall–Kier alpha value is -0.990. The molecule has 0 atom stereocenters. The van der Waals surface area contributed by atoms with Crippen LogP contribution in [0.15, 0.2) is 11.6 Å². The van der Waals surface area contributed by atoms with E-state index in [-0.39, 0.29) is 6.03 Å². The molecule has 0 unspecified atom stereocenters. The van der Waals surface area contributed by atoms with Gasteiger partial charge in [-0.05, 0) is 20.8 Å². The van der Waals surface area contributed by atoms with E-state index in [1.807, 2.05) is 26.8 Å². The first-order valence-electron chi connectivity index (χ1n) is 4.20. The summed E-state index contributed by atoms with van der Waals surface area (Å²) in [6.07, 6.45) is 1.99. The summed E-state index contributed by atoms with van der Waals surface area (Å²) in [7, 11) is 1.78. The first-order valence-corrected chi connectivity index (χ1v) is 4.20. The lowest BCUT2D eigenvalue weighted by atomic mass is 10.3. The zero-order valence-electron chi connectivity index (χ0n) is 8.35. The monoisotopic (exact) mass is 170 g/mol. The maximum absolute atomic E-state index is 11.1. The average molecular weight is 170 g/mol. The fraction of sp³-hybridized carbons (Fsp3) is 0.667. The Morgan fingerprint density at radius 3 is 2.50 bits per heavy atom. The van der Waals surface area contributed by atoms with Crippen LogP contribution >= 0.6 is 0 Å². The summed E-state index contributed by atoms with van der Waals surface area (Å²) in [5, 5.41) is 2.78. The molecule has 1 N–H and O–H groups in total. The Kier molecular flexibility index (Phi) is 5.17. The van der Waals surface area contributed by atoms with Gasteiger partial charge in [0, 0.05) is 20.1 Å². The van der Waals surface area contributed by atoms with Crippen molar-refractivity contribution in [1.29, 1.82) is 0 Å². The maximum Gasteiger partial charge on any atom is 0.317 e. The number of nitrogens with one attached hydrogen (secondary N) is 1. The lowest BCUT2D eigenvalue weighted by molar-refractivity contribution is 0.212. The topological polar surface area (TPSA) is 32.3 Å². The van der Waals surface area contributed by atoms with Gasteiger partial charge >= 0.3 is 6.03 Å². The molecule has 3 heteroatoms. The first-order chi connectivity index (χ1) is 5.57. The molecule has 3 nitrogen and oxygen atoms in total. The molecule has 0 spiro atoms.